The highest BCUT2D eigenvalue weighted by atomic mass is 16.5. The Balaban J connectivity index is 1.71. The van der Waals surface area contributed by atoms with Crippen molar-refractivity contribution < 1.29 is 18.7 Å². The molecule has 1 aromatic heterocycles. The SMILES string of the molecule is COc1ccccc1CCNC(=O)C(=Cc1ccco1)NC(=O)c1ccc(C)c(C)c1. The van der Waals surface area contributed by atoms with Crippen LogP contribution in [0, 0.1) is 13.8 Å². The number of benzene rings is 2. The molecule has 0 spiro atoms. The number of carbonyl (C=O) groups excluding carboxylic acids is 2. The van der Waals surface area contributed by atoms with Gasteiger partial charge < -0.3 is 19.8 Å². The fourth-order valence-corrected chi connectivity index (χ4v) is 3.07. The van der Waals surface area contributed by atoms with Crippen molar-refractivity contribution in [1.82, 2.24) is 10.6 Å². The van der Waals surface area contributed by atoms with Gasteiger partial charge in [0, 0.05) is 18.2 Å². The van der Waals surface area contributed by atoms with Gasteiger partial charge >= 0.3 is 0 Å². The van der Waals surface area contributed by atoms with Crippen LogP contribution in [0.5, 0.6) is 5.75 Å². The van der Waals surface area contributed by atoms with Gasteiger partial charge in [0.05, 0.1) is 13.4 Å². The molecule has 0 radical (unpaired) electrons. The zero-order valence-corrected chi connectivity index (χ0v) is 17.9. The molecule has 0 unspecified atom stereocenters. The predicted octanol–water partition coefficient (Wildman–Crippen LogP) is 4.03. The predicted molar refractivity (Wildman–Crippen MR) is 120 cm³/mol. The van der Waals surface area contributed by atoms with Gasteiger partial charge in [-0.3, -0.25) is 9.59 Å². The molecule has 0 atom stereocenters. The minimum atomic E-state index is -0.400. The van der Waals surface area contributed by atoms with Crippen molar-refractivity contribution >= 4 is 17.9 Å². The Morgan fingerprint density at radius 2 is 1.84 bits per heavy atom. The number of hydrogen-bond acceptors (Lipinski definition) is 4. The number of para-hydroxylation sites is 1. The molecule has 1 heterocycles. The average Bonchev–Trinajstić information content (AvgIpc) is 3.28. The zero-order valence-electron chi connectivity index (χ0n) is 17.9. The minimum Gasteiger partial charge on any atom is -0.496 e. The molecule has 31 heavy (non-hydrogen) atoms. The third kappa shape index (κ3) is 5.85. The van der Waals surface area contributed by atoms with Gasteiger partial charge in [-0.1, -0.05) is 24.3 Å². The van der Waals surface area contributed by atoms with Gasteiger partial charge in [0.25, 0.3) is 11.8 Å². The van der Waals surface area contributed by atoms with E-state index in [1.54, 1.807) is 31.4 Å². The van der Waals surface area contributed by atoms with Crippen molar-refractivity contribution in [2.24, 2.45) is 0 Å². The van der Waals surface area contributed by atoms with E-state index in [4.69, 9.17) is 9.15 Å². The molecular formula is C25H26N2O4. The summed E-state index contributed by atoms with van der Waals surface area (Å²) in [5.74, 6) is 0.477. The first kappa shape index (κ1) is 21.9. The molecule has 3 aromatic rings. The summed E-state index contributed by atoms with van der Waals surface area (Å²) in [4.78, 5) is 25.6. The maximum Gasteiger partial charge on any atom is 0.267 e. The molecule has 0 aliphatic rings. The molecule has 2 amide bonds. The molecule has 0 saturated carbocycles. The van der Waals surface area contributed by atoms with Crippen LogP contribution < -0.4 is 15.4 Å². The van der Waals surface area contributed by atoms with Gasteiger partial charge in [-0.2, -0.15) is 0 Å². The Labute approximate surface area is 181 Å². The Hall–Kier alpha value is -3.80. The van der Waals surface area contributed by atoms with Gasteiger partial charge in [-0.15, -0.1) is 0 Å². The lowest BCUT2D eigenvalue weighted by molar-refractivity contribution is -0.117. The number of rotatable bonds is 8. The summed E-state index contributed by atoms with van der Waals surface area (Å²) in [6.07, 6.45) is 3.61. The maximum absolute atomic E-state index is 12.8. The molecule has 6 heteroatoms. The average molecular weight is 418 g/mol. The molecule has 0 bridgehead atoms. The number of ether oxygens (including phenoxy) is 1. The van der Waals surface area contributed by atoms with Crippen LogP contribution >= 0.6 is 0 Å². The fourth-order valence-electron chi connectivity index (χ4n) is 3.07. The van der Waals surface area contributed by atoms with Gasteiger partial charge in [-0.25, -0.2) is 0 Å². The van der Waals surface area contributed by atoms with Crippen LogP contribution in [0.15, 0.2) is 71.0 Å². The van der Waals surface area contributed by atoms with Crippen molar-refractivity contribution in [3.05, 3.63) is 94.6 Å². The highest BCUT2D eigenvalue weighted by molar-refractivity contribution is 6.05. The molecule has 3 rings (SSSR count). The number of amides is 2. The second-order valence-corrected chi connectivity index (χ2v) is 7.14. The summed E-state index contributed by atoms with van der Waals surface area (Å²) in [5, 5.41) is 5.57. The van der Waals surface area contributed by atoms with Crippen LogP contribution in [0.3, 0.4) is 0 Å². The van der Waals surface area contributed by atoms with E-state index in [0.29, 0.717) is 24.3 Å². The van der Waals surface area contributed by atoms with E-state index >= 15 is 0 Å². The third-order valence-corrected chi connectivity index (χ3v) is 4.96. The van der Waals surface area contributed by atoms with Crippen LogP contribution in [-0.2, 0) is 11.2 Å². The van der Waals surface area contributed by atoms with Crippen LogP contribution in [0.1, 0.15) is 32.8 Å². The number of hydrogen-bond donors (Lipinski definition) is 2. The molecule has 0 aliphatic heterocycles. The van der Waals surface area contributed by atoms with Crippen molar-refractivity contribution in [3.8, 4) is 5.75 Å². The lowest BCUT2D eigenvalue weighted by Gasteiger charge is -2.12. The van der Waals surface area contributed by atoms with Gasteiger partial charge in [-0.05, 0) is 67.3 Å². The van der Waals surface area contributed by atoms with Crippen LogP contribution in [0.2, 0.25) is 0 Å². The molecular weight excluding hydrogens is 392 g/mol. The second-order valence-electron chi connectivity index (χ2n) is 7.14. The van der Waals surface area contributed by atoms with E-state index in [0.717, 1.165) is 22.4 Å². The Bertz CT molecular complexity index is 1080. The van der Waals surface area contributed by atoms with E-state index in [1.165, 1.54) is 12.3 Å². The van der Waals surface area contributed by atoms with Crippen LogP contribution in [0.4, 0.5) is 0 Å². The summed E-state index contributed by atoms with van der Waals surface area (Å²) >= 11 is 0. The first-order valence-corrected chi connectivity index (χ1v) is 10.0. The summed E-state index contributed by atoms with van der Waals surface area (Å²) in [6.45, 7) is 4.30. The third-order valence-electron chi connectivity index (χ3n) is 4.96. The van der Waals surface area contributed by atoms with Crippen LogP contribution in [0.25, 0.3) is 6.08 Å². The molecule has 2 N–H and O–H groups in total. The van der Waals surface area contributed by atoms with Gasteiger partial charge in [0.1, 0.15) is 17.2 Å². The quantitative estimate of drug-likeness (QED) is 0.541. The maximum atomic E-state index is 12.8. The standard InChI is InChI=1S/C25H26N2O4/c1-17-10-11-20(15-18(17)2)24(28)27-22(16-21-8-6-14-31-21)25(29)26-13-12-19-7-4-5-9-23(19)30-3/h4-11,14-16H,12-13H2,1-3H3,(H,26,29)(H,27,28). The zero-order chi connectivity index (χ0) is 22.2. The second kappa shape index (κ2) is 10.3. The van der Waals surface area contributed by atoms with Crippen molar-refractivity contribution in [1.29, 1.82) is 0 Å². The van der Waals surface area contributed by atoms with E-state index in [9.17, 15) is 9.59 Å². The molecule has 0 aliphatic carbocycles. The van der Waals surface area contributed by atoms with Gasteiger partial charge in [0.2, 0.25) is 0 Å². The highest BCUT2D eigenvalue weighted by Crippen LogP contribution is 2.17. The Morgan fingerprint density at radius 1 is 1.03 bits per heavy atom. The minimum absolute atomic E-state index is 0.109. The summed E-state index contributed by atoms with van der Waals surface area (Å²) < 4.78 is 10.7. The summed E-state index contributed by atoms with van der Waals surface area (Å²) in [6, 6.07) is 16.5. The van der Waals surface area contributed by atoms with Crippen LogP contribution in [-0.4, -0.2) is 25.5 Å². The largest absolute Gasteiger partial charge is 0.496 e. The number of furan rings is 1. The first-order chi connectivity index (χ1) is 15.0. The topological polar surface area (TPSA) is 80.6 Å². The fraction of sp³-hybridized carbons (Fsp3) is 0.200. The lowest BCUT2D eigenvalue weighted by Crippen LogP contribution is -2.35. The summed E-state index contributed by atoms with van der Waals surface area (Å²) in [5.41, 5.74) is 3.68. The number of carbonyl (C=O) groups is 2. The van der Waals surface area contributed by atoms with E-state index in [-0.39, 0.29) is 11.6 Å². The van der Waals surface area contributed by atoms with Crippen molar-refractivity contribution in [2.45, 2.75) is 20.3 Å². The first-order valence-electron chi connectivity index (χ1n) is 10.0. The van der Waals surface area contributed by atoms with Crippen molar-refractivity contribution in [3.63, 3.8) is 0 Å². The normalized spacial score (nSPS) is 11.1. The Kier molecular flexibility index (Phi) is 7.27. The molecule has 0 saturated heterocycles. The molecule has 160 valence electrons. The molecule has 6 nitrogen and oxygen atoms in total. The smallest absolute Gasteiger partial charge is 0.267 e. The van der Waals surface area contributed by atoms with E-state index in [1.807, 2.05) is 44.2 Å². The number of methoxy groups -OCH3 is 1. The van der Waals surface area contributed by atoms with E-state index in [2.05, 4.69) is 10.6 Å². The van der Waals surface area contributed by atoms with Crippen molar-refractivity contribution in [2.75, 3.05) is 13.7 Å². The Morgan fingerprint density at radius 3 is 2.55 bits per heavy atom. The summed E-state index contributed by atoms with van der Waals surface area (Å²) in [7, 11) is 1.62. The number of nitrogens with one attached hydrogen (secondary N) is 2. The molecule has 0 fully saturated rings. The monoisotopic (exact) mass is 418 g/mol. The highest BCUT2D eigenvalue weighted by Gasteiger charge is 2.16. The lowest BCUT2D eigenvalue weighted by atomic mass is 10.1. The van der Waals surface area contributed by atoms with E-state index < -0.39 is 5.91 Å². The molecule has 2 aromatic carbocycles. The number of aryl methyl sites for hydroxylation is 2. The van der Waals surface area contributed by atoms with Gasteiger partial charge in [0.15, 0.2) is 0 Å².